The number of fused-ring (bicyclic) bond motifs is 3. The number of likely N-dealkylation sites (tertiary alicyclic amines) is 1. The molecule has 1 saturated heterocycles. The molecule has 2 aliphatic carbocycles. The van der Waals surface area contributed by atoms with Gasteiger partial charge in [-0.15, -0.1) is 0 Å². The van der Waals surface area contributed by atoms with Crippen LogP contribution in [0.2, 0.25) is 0 Å². The van der Waals surface area contributed by atoms with Gasteiger partial charge < -0.3 is 20.1 Å². The van der Waals surface area contributed by atoms with Gasteiger partial charge in [0.25, 0.3) is 0 Å². The Balaban J connectivity index is 1.13. The van der Waals surface area contributed by atoms with Crippen LogP contribution in [0.4, 0.5) is 4.79 Å². The average Bonchev–Trinajstić information content (AvgIpc) is 3.55. The van der Waals surface area contributed by atoms with Crippen molar-refractivity contribution in [3.63, 3.8) is 0 Å². The zero-order valence-electron chi connectivity index (χ0n) is 19.3. The van der Waals surface area contributed by atoms with Crippen molar-refractivity contribution >= 4 is 18.0 Å². The molecule has 0 radical (unpaired) electrons. The van der Waals surface area contributed by atoms with Crippen LogP contribution in [-0.4, -0.2) is 53.7 Å². The van der Waals surface area contributed by atoms with Gasteiger partial charge in [-0.2, -0.15) is 0 Å². The maximum absolute atomic E-state index is 12.9. The number of hydrogen-bond donors (Lipinski definition) is 2. The molecule has 2 aromatic rings. The number of carbonyl (C=O) groups is 3. The van der Waals surface area contributed by atoms with Crippen molar-refractivity contribution < 1.29 is 24.2 Å². The van der Waals surface area contributed by atoms with Crippen LogP contribution in [0.3, 0.4) is 0 Å². The monoisotopic (exact) mass is 462 g/mol. The number of nitrogens with zero attached hydrogens (tertiary/aromatic N) is 1. The Morgan fingerprint density at radius 3 is 2.35 bits per heavy atom. The lowest BCUT2D eigenvalue weighted by atomic mass is 9.90. The third-order valence-electron chi connectivity index (χ3n) is 7.56. The van der Waals surface area contributed by atoms with E-state index in [1.807, 2.05) is 31.2 Å². The van der Waals surface area contributed by atoms with Crippen LogP contribution in [0.1, 0.15) is 43.2 Å². The Hall–Kier alpha value is -3.35. The molecule has 1 saturated carbocycles. The van der Waals surface area contributed by atoms with E-state index < -0.39 is 18.1 Å². The molecule has 1 heterocycles. The normalized spacial score (nSPS) is 25.3. The first kappa shape index (κ1) is 22.4. The van der Waals surface area contributed by atoms with Gasteiger partial charge >= 0.3 is 12.1 Å². The number of carboxylic acid groups (broad SMARTS) is 1. The maximum atomic E-state index is 12.9. The number of ether oxygens (including phenoxy) is 1. The second-order valence-electron chi connectivity index (χ2n) is 9.74. The SMILES string of the molecule is CC1CCCN(C(=O)[C@H]2C[C@H]2CNC(=O)OCC2c3ccccc3-c3ccccc32)C1C(=O)O. The van der Waals surface area contributed by atoms with Crippen molar-refractivity contribution in [2.24, 2.45) is 17.8 Å². The molecule has 3 aliphatic rings. The molecule has 2 amide bonds. The Labute approximate surface area is 199 Å². The second kappa shape index (κ2) is 9.12. The van der Waals surface area contributed by atoms with E-state index in [-0.39, 0.29) is 36.2 Å². The molecule has 2 unspecified atom stereocenters. The van der Waals surface area contributed by atoms with Crippen LogP contribution in [0.15, 0.2) is 48.5 Å². The van der Waals surface area contributed by atoms with E-state index in [2.05, 4.69) is 29.6 Å². The highest BCUT2D eigenvalue weighted by Crippen LogP contribution is 2.44. The van der Waals surface area contributed by atoms with E-state index in [1.165, 1.54) is 16.0 Å². The third kappa shape index (κ3) is 4.15. The van der Waals surface area contributed by atoms with Crippen LogP contribution in [-0.2, 0) is 14.3 Å². The molecule has 0 bridgehead atoms. The van der Waals surface area contributed by atoms with Gasteiger partial charge in [0.2, 0.25) is 5.91 Å². The average molecular weight is 463 g/mol. The standard InChI is InChI=1S/C27H30N2O5/c1-16-7-6-12-29(24(16)26(31)32)25(30)22-13-17(22)14-28-27(33)34-15-23-20-10-4-2-8-18(20)19-9-3-5-11-21(19)23/h2-5,8-11,16-17,22-24H,6-7,12-15H2,1H3,(H,28,33)(H,31,32)/t16?,17-,22-,24?/m0/s1. The smallest absolute Gasteiger partial charge is 0.407 e. The lowest BCUT2D eigenvalue weighted by molar-refractivity contribution is -0.155. The summed E-state index contributed by atoms with van der Waals surface area (Å²) in [6.07, 6.45) is 1.82. The first-order valence-electron chi connectivity index (χ1n) is 12.1. The van der Waals surface area contributed by atoms with Gasteiger partial charge in [-0.3, -0.25) is 4.79 Å². The molecular weight excluding hydrogens is 432 g/mol. The summed E-state index contributed by atoms with van der Waals surface area (Å²) in [6, 6.07) is 15.6. The van der Waals surface area contributed by atoms with E-state index in [4.69, 9.17) is 4.74 Å². The number of hydrogen-bond acceptors (Lipinski definition) is 4. The Bertz CT molecular complexity index is 1070. The van der Waals surface area contributed by atoms with Gasteiger partial charge in [-0.1, -0.05) is 55.5 Å². The molecule has 7 nitrogen and oxygen atoms in total. The Morgan fingerprint density at radius 1 is 1.06 bits per heavy atom. The molecule has 5 rings (SSSR count). The lowest BCUT2D eigenvalue weighted by Gasteiger charge is -2.37. The minimum absolute atomic E-state index is 0.00226. The quantitative estimate of drug-likeness (QED) is 0.679. The highest BCUT2D eigenvalue weighted by molar-refractivity contribution is 5.87. The molecule has 0 spiro atoms. The number of amides is 2. The van der Waals surface area contributed by atoms with Crippen molar-refractivity contribution in [3.05, 3.63) is 59.7 Å². The van der Waals surface area contributed by atoms with Crippen LogP contribution < -0.4 is 5.32 Å². The molecule has 4 atom stereocenters. The molecule has 7 heteroatoms. The first-order chi connectivity index (χ1) is 16.5. The molecule has 0 aromatic heterocycles. The summed E-state index contributed by atoms with van der Waals surface area (Å²) in [4.78, 5) is 38.6. The zero-order chi connectivity index (χ0) is 23.8. The summed E-state index contributed by atoms with van der Waals surface area (Å²) >= 11 is 0. The highest BCUT2D eigenvalue weighted by Gasteiger charge is 2.48. The molecule has 34 heavy (non-hydrogen) atoms. The van der Waals surface area contributed by atoms with Gasteiger partial charge in [0.1, 0.15) is 12.6 Å². The van der Waals surface area contributed by atoms with Gasteiger partial charge in [0, 0.05) is 24.9 Å². The number of carboxylic acids is 1. The van der Waals surface area contributed by atoms with Crippen molar-refractivity contribution in [1.29, 1.82) is 0 Å². The largest absolute Gasteiger partial charge is 0.480 e. The fourth-order valence-corrected chi connectivity index (χ4v) is 5.66. The van der Waals surface area contributed by atoms with Gasteiger partial charge in [-0.25, -0.2) is 9.59 Å². The summed E-state index contributed by atoms with van der Waals surface area (Å²) in [5.74, 6) is -1.28. The predicted octanol–water partition coefficient (Wildman–Crippen LogP) is 3.87. The molecular formula is C27H30N2O5. The Kier molecular flexibility index (Phi) is 6.02. The summed E-state index contributed by atoms with van der Waals surface area (Å²) in [7, 11) is 0. The summed E-state index contributed by atoms with van der Waals surface area (Å²) < 4.78 is 5.57. The van der Waals surface area contributed by atoms with Gasteiger partial charge in [-0.05, 0) is 53.4 Å². The fraction of sp³-hybridized carbons (Fsp3) is 0.444. The van der Waals surface area contributed by atoms with Crippen molar-refractivity contribution in [2.45, 2.75) is 38.1 Å². The third-order valence-corrected chi connectivity index (χ3v) is 7.56. The summed E-state index contributed by atoms with van der Waals surface area (Å²) in [6.45, 7) is 2.98. The van der Waals surface area contributed by atoms with E-state index >= 15 is 0 Å². The van der Waals surface area contributed by atoms with Gasteiger partial charge in [0.05, 0.1) is 0 Å². The first-order valence-corrected chi connectivity index (χ1v) is 12.1. The lowest BCUT2D eigenvalue weighted by Crippen LogP contribution is -2.52. The minimum Gasteiger partial charge on any atom is -0.480 e. The predicted molar refractivity (Wildman–Crippen MR) is 126 cm³/mol. The van der Waals surface area contributed by atoms with E-state index in [0.717, 1.165) is 24.0 Å². The second-order valence-corrected chi connectivity index (χ2v) is 9.74. The molecule has 2 fully saturated rings. The topological polar surface area (TPSA) is 95.9 Å². The van der Waals surface area contributed by atoms with Crippen LogP contribution >= 0.6 is 0 Å². The van der Waals surface area contributed by atoms with E-state index in [0.29, 0.717) is 19.5 Å². The van der Waals surface area contributed by atoms with Crippen molar-refractivity contribution in [1.82, 2.24) is 10.2 Å². The number of carbonyl (C=O) groups excluding carboxylic acids is 2. The van der Waals surface area contributed by atoms with Gasteiger partial charge in [0.15, 0.2) is 0 Å². The van der Waals surface area contributed by atoms with Crippen molar-refractivity contribution in [3.8, 4) is 11.1 Å². The summed E-state index contributed by atoms with van der Waals surface area (Å²) in [5.41, 5.74) is 4.68. The number of benzene rings is 2. The highest BCUT2D eigenvalue weighted by atomic mass is 16.5. The van der Waals surface area contributed by atoms with E-state index in [1.54, 1.807) is 0 Å². The summed E-state index contributed by atoms with van der Waals surface area (Å²) in [5, 5.41) is 12.4. The number of rotatable bonds is 6. The number of aliphatic carboxylic acids is 1. The van der Waals surface area contributed by atoms with Crippen molar-refractivity contribution in [2.75, 3.05) is 19.7 Å². The van der Waals surface area contributed by atoms with Crippen LogP contribution in [0.25, 0.3) is 11.1 Å². The number of piperidine rings is 1. The molecule has 2 aromatic carbocycles. The zero-order valence-corrected chi connectivity index (χ0v) is 19.3. The van der Waals surface area contributed by atoms with Crippen LogP contribution in [0, 0.1) is 17.8 Å². The molecule has 1 aliphatic heterocycles. The van der Waals surface area contributed by atoms with E-state index in [9.17, 15) is 19.5 Å². The number of nitrogens with one attached hydrogen (secondary N) is 1. The molecule has 178 valence electrons. The number of alkyl carbamates (subject to hydrolysis) is 1. The van der Waals surface area contributed by atoms with Crippen LogP contribution in [0.5, 0.6) is 0 Å². The minimum atomic E-state index is -0.936. The fourth-order valence-electron chi connectivity index (χ4n) is 5.66. The molecule has 2 N–H and O–H groups in total. The maximum Gasteiger partial charge on any atom is 0.407 e. The Morgan fingerprint density at radius 2 is 1.71 bits per heavy atom.